The fraction of sp³-hybridized carbons (Fsp3) is 0.538. The smallest absolute Gasteiger partial charge is 0.245 e. The topological polar surface area (TPSA) is 102 Å². The molecule has 1 fully saturated rings. The van der Waals surface area contributed by atoms with Crippen LogP contribution in [0.25, 0.3) is 0 Å². The van der Waals surface area contributed by atoms with Gasteiger partial charge in [0.05, 0.1) is 32.1 Å². The maximum atomic E-state index is 12.7. The highest BCUT2D eigenvalue weighted by atomic mass is 32.2. The molecule has 1 saturated heterocycles. The molecule has 21 heavy (non-hydrogen) atoms. The quantitative estimate of drug-likeness (QED) is 0.761. The third-order valence-electron chi connectivity index (χ3n) is 3.46. The van der Waals surface area contributed by atoms with Crippen LogP contribution in [0.4, 0.5) is 5.69 Å². The zero-order valence-electron chi connectivity index (χ0n) is 12.0. The van der Waals surface area contributed by atoms with E-state index in [0.717, 1.165) is 0 Å². The second-order valence-corrected chi connectivity index (χ2v) is 6.82. The molecule has 1 heterocycles. The molecule has 0 bridgehead atoms. The zero-order chi connectivity index (χ0) is 15.6. The molecule has 8 heteroatoms. The molecule has 1 aromatic carbocycles. The molecular weight excluding hydrogens is 296 g/mol. The number of ether oxygens (including phenoxy) is 2. The summed E-state index contributed by atoms with van der Waals surface area (Å²) in [6.07, 6.45) is -0.518. The zero-order valence-corrected chi connectivity index (χ0v) is 12.8. The van der Waals surface area contributed by atoms with Crippen LogP contribution in [0.2, 0.25) is 0 Å². The summed E-state index contributed by atoms with van der Waals surface area (Å²) in [4.78, 5) is 0.0359. The second kappa shape index (κ2) is 6.18. The standard InChI is InChI=1S/C13H20N2O5S/c1-9-8-20-11(7-16)6-15(9)21(17,18)13-4-3-10(19-2)5-12(13)14/h3-5,9,11,16H,6-8,14H2,1-2H3. The van der Waals surface area contributed by atoms with Gasteiger partial charge in [0.15, 0.2) is 0 Å². The van der Waals surface area contributed by atoms with Gasteiger partial charge in [-0.15, -0.1) is 0 Å². The maximum absolute atomic E-state index is 12.7. The van der Waals surface area contributed by atoms with E-state index in [1.807, 2.05) is 0 Å². The van der Waals surface area contributed by atoms with Gasteiger partial charge in [0.25, 0.3) is 0 Å². The van der Waals surface area contributed by atoms with E-state index in [2.05, 4.69) is 0 Å². The van der Waals surface area contributed by atoms with Crippen molar-refractivity contribution in [2.24, 2.45) is 0 Å². The molecule has 118 valence electrons. The predicted molar refractivity (Wildman–Crippen MR) is 77.6 cm³/mol. The Hall–Kier alpha value is -1.35. The molecule has 0 saturated carbocycles. The number of morpholine rings is 1. The van der Waals surface area contributed by atoms with Crippen LogP contribution in [0.3, 0.4) is 0 Å². The number of aliphatic hydroxyl groups excluding tert-OH is 1. The molecule has 0 aliphatic carbocycles. The Morgan fingerprint density at radius 3 is 2.81 bits per heavy atom. The monoisotopic (exact) mass is 316 g/mol. The number of sulfonamides is 1. The molecule has 0 aromatic heterocycles. The Labute approximate surface area is 124 Å². The summed E-state index contributed by atoms with van der Waals surface area (Å²) in [7, 11) is -2.26. The van der Waals surface area contributed by atoms with E-state index in [1.54, 1.807) is 13.0 Å². The molecule has 0 amide bonds. The first-order valence-corrected chi connectivity index (χ1v) is 8.02. The van der Waals surface area contributed by atoms with E-state index in [1.165, 1.54) is 23.5 Å². The van der Waals surface area contributed by atoms with Gasteiger partial charge in [-0.25, -0.2) is 8.42 Å². The van der Waals surface area contributed by atoms with Crippen LogP contribution in [-0.4, -0.2) is 56.8 Å². The first-order valence-electron chi connectivity index (χ1n) is 6.58. The lowest BCUT2D eigenvalue weighted by molar-refractivity contribution is -0.0516. The lowest BCUT2D eigenvalue weighted by atomic mass is 10.2. The second-order valence-electron chi connectivity index (χ2n) is 4.97. The van der Waals surface area contributed by atoms with Crippen LogP contribution in [0, 0.1) is 0 Å². The number of benzene rings is 1. The van der Waals surface area contributed by atoms with Gasteiger partial charge in [0, 0.05) is 18.7 Å². The van der Waals surface area contributed by atoms with Crippen molar-refractivity contribution in [1.29, 1.82) is 0 Å². The molecule has 1 aliphatic rings. The Bertz CT molecular complexity index is 605. The average molecular weight is 316 g/mol. The highest BCUT2D eigenvalue weighted by Crippen LogP contribution is 2.29. The van der Waals surface area contributed by atoms with E-state index >= 15 is 0 Å². The number of methoxy groups -OCH3 is 1. The van der Waals surface area contributed by atoms with Crippen molar-refractivity contribution in [3.63, 3.8) is 0 Å². The van der Waals surface area contributed by atoms with Gasteiger partial charge in [-0.1, -0.05) is 0 Å². The molecular formula is C13H20N2O5S. The fourth-order valence-corrected chi connectivity index (χ4v) is 4.00. The molecule has 3 N–H and O–H groups in total. The molecule has 7 nitrogen and oxygen atoms in total. The number of nitrogen functional groups attached to an aromatic ring is 1. The molecule has 2 atom stereocenters. The summed E-state index contributed by atoms with van der Waals surface area (Å²) in [5, 5.41) is 9.17. The Balaban J connectivity index is 2.36. The van der Waals surface area contributed by atoms with Crippen LogP contribution in [0.15, 0.2) is 23.1 Å². The third kappa shape index (κ3) is 3.13. The van der Waals surface area contributed by atoms with E-state index in [4.69, 9.17) is 20.3 Å². The number of nitrogens with two attached hydrogens (primary N) is 1. The highest BCUT2D eigenvalue weighted by molar-refractivity contribution is 7.89. The van der Waals surface area contributed by atoms with Gasteiger partial charge < -0.3 is 20.3 Å². The van der Waals surface area contributed by atoms with Crippen LogP contribution in [-0.2, 0) is 14.8 Å². The van der Waals surface area contributed by atoms with Crippen LogP contribution >= 0.6 is 0 Å². The maximum Gasteiger partial charge on any atom is 0.245 e. The van der Waals surface area contributed by atoms with Crippen molar-refractivity contribution in [2.75, 3.05) is 32.6 Å². The van der Waals surface area contributed by atoms with Crippen LogP contribution < -0.4 is 10.5 Å². The summed E-state index contributed by atoms with van der Waals surface area (Å²) in [5.74, 6) is 0.495. The first kappa shape index (κ1) is 16.0. The summed E-state index contributed by atoms with van der Waals surface area (Å²) in [6, 6.07) is 4.14. The van der Waals surface area contributed by atoms with Gasteiger partial charge in [-0.3, -0.25) is 0 Å². The van der Waals surface area contributed by atoms with Gasteiger partial charge in [0.2, 0.25) is 10.0 Å². The van der Waals surface area contributed by atoms with E-state index < -0.39 is 16.1 Å². The fourth-order valence-electron chi connectivity index (χ4n) is 2.25. The van der Waals surface area contributed by atoms with Crippen LogP contribution in [0.5, 0.6) is 5.75 Å². The number of hydrogen-bond donors (Lipinski definition) is 2. The molecule has 0 spiro atoms. The predicted octanol–water partition coefficient (Wildman–Crippen LogP) is 0.0477. The van der Waals surface area contributed by atoms with Gasteiger partial charge >= 0.3 is 0 Å². The van der Waals surface area contributed by atoms with Gasteiger partial charge in [0.1, 0.15) is 10.6 Å². The molecule has 2 rings (SSSR count). The van der Waals surface area contributed by atoms with E-state index in [9.17, 15) is 8.42 Å². The average Bonchev–Trinajstić information content (AvgIpc) is 2.47. The number of anilines is 1. The minimum Gasteiger partial charge on any atom is -0.497 e. The van der Waals surface area contributed by atoms with Gasteiger partial charge in [-0.05, 0) is 19.1 Å². The lowest BCUT2D eigenvalue weighted by Gasteiger charge is -2.36. The van der Waals surface area contributed by atoms with E-state index in [-0.39, 0.29) is 36.4 Å². The van der Waals surface area contributed by atoms with Crippen molar-refractivity contribution < 1.29 is 23.0 Å². The number of aliphatic hydroxyl groups is 1. The molecule has 1 aliphatic heterocycles. The Morgan fingerprint density at radius 1 is 1.52 bits per heavy atom. The van der Waals surface area contributed by atoms with E-state index in [0.29, 0.717) is 5.75 Å². The SMILES string of the molecule is COc1ccc(S(=O)(=O)N2CC(CO)OCC2C)c(N)c1. The van der Waals surface area contributed by atoms with Gasteiger partial charge in [-0.2, -0.15) is 4.31 Å². The molecule has 0 radical (unpaired) electrons. The first-order chi connectivity index (χ1) is 9.90. The summed E-state index contributed by atoms with van der Waals surface area (Å²) < 4.78 is 37.2. The summed E-state index contributed by atoms with van der Waals surface area (Å²) in [5.41, 5.74) is 5.97. The van der Waals surface area contributed by atoms with Crippen molar-refractivity contribution in [3.8, 4) is 5.75 Å². The highest BCUT2D eigenvalue weighted by Gasteiger charge is 2.36. The van der Waals surface area contributed by atoms with Crippen molar-refractivity contribution in [2.45, 2.75) is 24.0 Å². The third-order valence-corrected chi connectivity index (χ3v) is 5.51. The lowest BCUT2D eigenvalue weighted by Crippen LogP contribution is -2.51. The number of rotatable bonds is 4. The number of nitrogens with zero attached hydrogens (tertiary/aromatic N) is 1. The minimum atomic E-state index is -3.75. The normalized spacial score (nSPS) is 24.0. The largest absolute Gasteiger partial charge is 0.497 e. The Morgan fingerprint density at radius 2 is 2.24 bits per heavy atom. The summed E-state index contributed by atoms with van der Waals surface area (Å²) >= 11 is 0. The van der Waals surface area contributed by atoms with Crippen molar-refractivity contribution in [1.82, 2.24) is 4.31 Å². The summed E-state index contributed by atoms with van der Waals surface area (Å²) in [6.45, 7) is 1.87. The van der Waals surface area contributed by atoms with Crippen LogP contribution in [0.1, 0.15) is 6.92 Å². The molecule has 2 unspecified atom stereocenters. The molecule has 1 aromatic rings. The van der Waals surface area contributed by atoms with Crippen molar-refractivity contribution in [3.05, 3.63) is 18.2 Å². The number of hydrogen-bond acceptors (Lipinski definition) is 6. The minimum absolute atomic E-state index is 0.0359. The van der Waals surface area contributed by atoms with Crippen molar-refractivity contribution >= 4 is 15.7 Å². The Kier molecular flexibility index (Phi) is 4.72.